The maximum Gasteiger partial charge on any atom is 0.127 e. The molecule has 19 heavy (non-hydrogen) atoms. The van der Waals surface area contributed by atoms with Crippen LogP contribution in [0.25, 0.3) is 0 Å². The minimum Gasteiger partial charge on any atom is -0.377 e. The van der Waals surface area contributed by atoms with Gasteiger partial charge in [-0.1, -0.05) is 30.4 Å². The van der Waals surface area contributed by atoms with Gasteiger partial charge in [0.15, 0.2) is 0 Å². The molecule has 0 bridgehead atoms. The maximum atomic E-state index is 14.1. The maximum absolute atomic E-state index is 14.1. The Kier molecular flexibility index (Phi) is 4.92. The molecule has 0 aliphatic heterocycles. The zero-order chi connectivity index (χ0) is 13.7. The second-order valence-electron chi connectivity index (χ2n) is 5.03. The molecular formula is C17H21FO. The number of hydrogen-bond donors (Lipinski definition) is 0. The van der Waals surface area contributed by atoms with Crippen molar-refractivity contribution in [1.29, 1.82) is 0 Å². The van der Waals surface area contributed by atoms with E-state index in [0.29, 0.717) is 0 Å². The van der Waals surface area contributed by atoms with Crippen LogP contribution in [0.4, 0.5) is 4.39 Å². The second kappa shape index (κ2) is 6.67. The molecule has 1 aromatic rings. The SMILES string of the molecule is C=CCCc1ccc(C2C=CC(OC)CC2)c(F)c1. The van der Waals surface area contributed by atoms with Crippen molar-refractivity contribution in [2.45, 2.75) is 37.7 Å². The highest BCUT2D eigenvalue weighted by Crippen LogP contribution is 2.30. The molecule has 2 heteroatoms. The predicted molar refractivity (Wildman–Crippen MR) is 76.8 cm³/mol. The molecule has 0 heterocycles. The summed E-state index contributed by atoms with van der Waals surface area (Å²) < 4.78 is 19.4. The smallest absolute Gasteiger partial charge is 0.127 e. The van der Waals surface area contributed by atoms with Crippen molar-refractivity contribution in [2.75, 3.05) is 7.11 Å². The average molecular weight is 260 g/mol. The van der Waals surface area contributed by atoms with E-state index in [0.717, 1.165) is 36.8 Å². The van der Waals surface area contributed by atoms with Crippen LogP contribution in [-0.2, 0) is 11.2 Å². The van der Waals surface area contributed by atoms with Crippen molar-refractivity contribution < 1.29 is 9.13 Å². The number of benzene rings is 1. The molecule has 2 atom stereocenters. The zero-order valence-electron chi connectivity index (χ0n) is 11.4. The van der Waals surface area contributed by atoms with Gasteiger partial charge in [0.25, 0.3) is 0 Å². The zero-order valence-corrected chi connectivity index (χ0v) is 11.4. The van der Waals surface area contributed by atoms with Crippen LogP contribution in [0.3, 0.4) is 0 Å². The van der Waals surface area contributed by atoms with Crippen molar-refractivity contribution in [3.05, 3.63) is 60.0 Å². The van der Waals surface area contributed by atoms with Crippen molar-refractivity contribution in [1.82, 2.24) is 0 Å². The standard InChI is InChI=1S/C17H21FO/c1-3-4-5-13-6-11-16(17(18)12-13)14-7-9-15(19-2)10-8-14/h3,6-7,9,11-12,14-15H,1,4-5,8,10H2,2H3. The van der Waals surface area contributed by atoms with Gasteiger partial charge in [0, 0.05) is 13.0 Å². The normalized spacial score (nSPS) is 22.4. The fourth-order valence-corrected chi connectivity index (χ4v) is 2.55. The number of aryl methyl sites for hydroxylation is 1. The lowest BCUT2D eigenvalue weighted by molar-refractivity contribution is 0.126. The van der Waals surface area contributed by atoms with Gasteiger partial charge < -0.3 is 4.74 Å². The van der Waals surface area contributed by atoms with E-state index in [4.69, 9.17) is 4.74 Å². The molecule has 0 aromatic heterocycles. The van der Waals surface area contributed by atoms with Crippen LogP contribution in [0, 0.1) is 5.82 Å². The second-order valence-corrected chi connectivity index (χ2v) is 5.03. The Morgan fingerprint density at radius 1 is 1.37 bits per heavy atom. The van der Waals surface area contributed by atoms with Gasteiger partial charge in [-0.2, -0.15) is 0 Å². The molecule has 1 aliphatic carbocycles. The van der Waals surface area contributed by atoms with Crippen molar-refractivity contribution in [3.8, 4) is 0 Å². The Bertz CT molecular complexity index is 464. The minimum absolute atomic E-state index is 0.0907. The molecule has 1 aromatic carbocycles. The van der Waals surface area contributed by atoms with Crippen LogP contribution in [0.1, 0.15) is 36.3 Å². The van der Waals surface area contributed by atoms with Gasteiger partial charge in [0.1, 0.15) is 5.82 Å². The van der Waals surface area contributed by atoms with Gasteiger partial charge in [-0.3, -0.25) is 0 Å². The van der Waals surface area contributed by atoms with Gasteiger partial charge in [0.2, 0.25) is 0 Å². The Balaban J connectivity index is 2.11. The number of hydrogen-bond acceptors (Lipinski definition) is 1. The first kappa shape index (κ1) is 14.0. The van der Waals surface area contributed by atoms with Crippen LogP contribution in [-0.4, -0.2) is 13.2 Å². The molecule has 0 radical (unpaired) electrons. The Morgan fingerprint density at radius 3 is 2.79 bits per heavy atom. The summed E-state index contributed by atoms with van der Waals surface area (Å²) in [7, 11) is 1.71. The monoisotopic (exact) mass is 260 g/mol. The van der Waals surface area contributed by atoms with Gasteiger partial charge in [-0.15, -0.1) is 6.58 Å². The third-order valence-electron chi connectivity index (χ3n) is 3.72. The van der Waals surface area contributed by atoms with Crippen LogP contribution in [0.2, 0.25) is 0 Å². The number of halogens is 1. The largest absolute Gasteiger partial charge is 0.377 e. The van der Waals surface area contributed by atoms with E-state index >= 15 is 0 Å². The first-order valence-corrected chi connectivity index (χ1v) is 6.85. The third-order valence-corrected chi connectivity index (χ3v) is 3.72. The summed E-state index contributed by atoms with van der Waals surface area (Å²) in [5, 5.41) is 0. The summed E-state index contributed by atoms with van der Waals surface area (Å²) in [5.41, 5.74) is 1.84. The number of ether oxygens (including phenoxy) is 1. The summed E-state index contributed by atoms with van der Waals surface area (Å²) in [6.07, 6.45) is 9.79. The van der Waals surface area contributed by atoms with Crippen LogP contribution < -0.4 is 0 Å². The summed E-state index contributed by atoms with van der Waals surface area (Å²) in [6, 6.07) is 5.61. The lowest BCUT2D eigenvalue weighted by Crippen LogP contribution is -2.14. The molecule has 2 rings (SSSR count). The summed E-state index contributed by atoms with van der Waals surface area (Å²) in [4.78, 5) is 0. The van der Waals surface area contributed by atoms with E-state index in [-0.39, 0.29) is 17.8 Å². The molecule has 0 fully saturated rings. The van der Waals surface area contributed by atoms with Gasteiger partial charge in [0.05, 0.1) is 6.10 Å². The highest BCUT2D eigenvalue weighted by Gasteiger charge is 2.19. The van der Waals surface area contributed by atoms with Gasteiger partial charge >= 0.3 is 0 Å². The van der Waals surface area contributed by atoms with Crippen LogP contribution in [0.5, 0.6) is 0 Å². The fraction of sp³-hybridized carbons (Fsp3) is 0.412. The average Bonchev–Trinajstić information content (AvgIpc) is 2.45. The van der Waals surface area contributed by atoms with Crippen molar-refractivity contribution >= 4 is 0 Å². The molecule has 2 unspecified atom stereocenters. The van der Waals surface area contributed by atoms with Gasteiger partial charge in [-0.05, 0) is 42.9 Å². The number of rotatable bonds is 5. The molecule has 1 aliphatic rings. The molecule has 0 N–H and O–H groups in total. The quantitative estimate of drug-likeness (QED) is 0.713. The molecule has 0 saturated carbocycles. The number of methoxy groups -OCH3 is 1. The topological polar surface area (TPSA) is 9.23 Å². The van der Waals surface area contributed by atoms with Crippen LogP contribution >= 0.6 is 0 Å². The van der Waals surface area contributed by atoms with Gasteiger partial charge in [-0.25, -0.2) is 4.39 Å². The summed E-state index contributed by atoms with van der Waals surface area (Å²) in [5.74, 6) is 0.0898. The van der Waals surface area contributed by atoms with E-state index in [1.54, 1.807) is 13.2 Å². The molecular weight excluding hydrogens is 239 g/mol. The molecule has 102 valence electrons. The first-order chi connectivity index (χ1) is 9.24. The lowest BCUT2D eigenvalue weighted by Gasteiger charge is -2.22. The highest BCUT2D eigenvalue weighted by molar-refractivity contribution is 5.31. The fourth-order valence-electron chi connectivity index (χ4n) is 2.55. The summed E-state index contributed by atoms with van der Waals surface area (Å²) in [6.45, 7) is 3.69. The number of allylic oxidation sites excluding steroid dienone is 2. The third kappa shape index (κ3) is 3.54. The molecule has 0 amide bonds. The van der Waals surface area contributed by atoms with E-state index in [2.05, 4.69) is 12.7 Å². The van der Waals surface area contributed by atoms with Crippen LogP contribution in [0.15, 0.2) is 43.0 Å². The Hall–Kier alpha value is -1.41. The van der Waals surface area contributed by atoms with E-state index in [1.165, 1.54) is 0 Å². The lowest BCUT2D eigenvalue weighted by atomic mass is 9.87. The molecule has 0 spiro atoms. The first-order valence-electron chi connectivity index (χ1n) is 6.85. The van der Waals surface area contributed by atoms with Crippen molar-refractivity contribution in [2.24, 2.45) is 0 Å². The highest BCUT2D eigenvalue weighted by atomic mass is 19.1. The summed E-state index contributed by atoms with van der Waals surface area (Å²) >= 11 is 0. The van der Waals surface area contributed by atoms with E-state index < -0.39 is 0 Å². The minimum atomic E-state index is -0.0907. The van der Waals surface area contributed by atoms with E-state index in [9.17, 15) is 4.39 Å². The molecule has 0 saturated heterocycles. The Morgan fingerprint density at radius 2 is 2.21 bits per heavy atom. The molecule has 1 nitrogen and oxygen atoms in total. The van der Waals surface area contributed by atoms with E-state index in [1.807, 2.05) is 24.3 Å². The van der Waals surface area contributed by atoms with Crippen molar-refractivity contribution in [3.63, 3.8) is 0 Å². The predicted octanol–water partition coefficient (Wildman–Crippen LogP) is 4.39. The Labute approximate surface area is 114 Å².